The molecular weight excluding hydrogens is 296 g/mol. The summed E-state index contributed by atoms with van der Waals surface area (Å²) in [6, 6.07) is 8.58. The summed E-state index contributed by atoms with van der Waals surface area (Å²) in [5.74, 6) is -1.01. The second kappa shape index (κ2) is 5.53. The third kappa shape index (κ3) is 2.72. The molecule has 0 saturated carbocycles. The van der Waals surface area contributed by atoms with Gasteiger partial charge in [0, 0.05) is 30.7 Å². The van der Waals surface area contributed by atoms with Crippen molar-refractivity contribution in [2.75, 3.05) is 13.1 Å². The van der Waals surface area contributed by atoms with Gasteiger partial charge < -0.3 is 14.6 Å². The van der Waals surface area contributed by atoms with Gasteiger partial charge in [-0.25, -0.2) is 0 Å². The molecule has 120 valence electrons. The van der Waals surface area contributed by atoms with Gasteiger partial charge in [-0.3, -0.25) is 14.4 Å². The van der Waals surface area contributed by atoms with E-state index in [1.165, 1.54) is 6.07 Å². The van der Waals surface area contributed by atoms with Gasteiger partial charge >= 0.3 is 5.97 Å². The number of carboxylic acids is 1. The first-order chi connectivity index (χ1) is 10.9. The van der Waals surface area contributed by atoms with E-state index >= 15 is 0 Å². The SMILES string of the molecule is C[C@]1(C(=O)O)CCN(C(=O)Cn2ccc(=O)c3ccccc32)C1. The molecule has 3 rings (SSSR count). The Labute approximate surface area is 132 Å². The van der Waals surface area contributed by atoms with E-state index in [-0.39, 0.29) is 24.4 Å². The maximum absolute atomic E-state index is 12.5. The molecule has 2 aromatic rings. The number of carbonyl (C=O) groups is 2. The van der Waals surface area contributed by atoms with Crippen molar-refractivity contribution in [3.8, 4) is 0 Å². The molecule has 1 aliphatic rings. The van der Waals surface area contributed by atoms with Gasteiger partial charge in [0.2, 0.25) is 5.91 Å². The number of carboxylic acid groups (broad SMARTS) is 1. The van der Waals surface area contributed by atoms with Crippen LogP contribution in [0.5, 0.6) is 0 Å². The van der Waals surface area contributed by atoms with E-state index in [4.69, 9.17) is 0 Å². The molecule has 1 aromatic heterocycles. The average molecular weight is 314 g/mol. The monoisotopic (exact) mass is 314 g/mol. The van der Waals surface area contributed by atoms with Gasteiger partial charge in [0.15, 0.2) is 5.43 Å². The molecule has 0 bridgehead atoms. The molecule has 2 heterocycles. The summed E-state index contributed by atoms with van der Waals surface area (Å²) in [5.41, 5.74) is -0.251. The fourth-order valence-corrected chi connectivity index (χ4v) is 2.99. The highest BCUT2D eigenvalue weighted by atomic mass is 16.4. The number of likely N-dealkylation sites (tertiary alicyclic amines) is 1. The lowest BCUT2D eigenvalue weighted by molar-refractivity contribution is -0.147. The van der Waals surface area contributed by atoms with Gasteiger partial charge in [-0.15, -0.1) is 0 Å². The number of hydrogen-bond donors (Lipinski definition) is 1. The van der Waals surface area contributed by atoms with E-state index in [1.54, 1.807) is 40.8 Å². The first-order valence-corrected chi connectivity index (χ1v) is 7.50. The van der Waals surface area contributed by atoms with Gasteiger partial charge in [0.05, 0.1) is 10.9 Å². The van der Waals surface area contributed by atoms with Crippen molar-refractivity contribution in [2.24, 2.45) is 5.41 Å². The maximum atomic E-state index is 12.5. The Bertz CT molecular complexity index is 842. The van der Waals surface area contributed by atoms with Crippen LogP contribution < -0.4 is 5.43 Å². The Morgan fingerprint density at radius 3 is 2.70 bits per heavy atom. The summed E-state index contributed by atoms with van der Waals surface area (Å²) >= 11 is 0. The molecule has 1 amide bonds. The number of para-hydroxylation sites is 1. The molecule has 6 heteroatoms. The zero-order valence-electron chi connectivity index (χ0n) is 12.9. The van der Waals surface area contributed by atoms with Crippen molar-refractivity contribution < 1.29 is 14.7 Å². The van der Waals surface area contributed by atoms with Crippen LogP contribution in [-0.2, 0) is 16.1 Å². The molecular formula is C17H18N2O4. The smallest absolute Gasteiger partial charge is 0.311 e. The van der Waals surface area contributed by atoms with Crippen LogP contribution in [0.15, 0.2) is 41.3 Å². The third-order valence-corrected chi connectivity index (χ3v) is 4.53. The molecule has 1 aromatic carbocycles. The van der Waals surface area contributed by atoms with Gasteiger partial charge in [0.25, 0.3) is 0 Å². The molecule has 1 N–H and O–H groups in total. The van der Waals surface area contributed by atoms with Crippen molar-refractivity contribution in [3.63, 3.8) is 0 Å². The Kier molecular flexibility index (Phi) is 3.67. The van der Waals surface area contributed by atoms with Crippen LogP contribution in [0.1, 0.15) is 13.3 Å². The summed E-state index contributed by atoms with van der Waals surface area (Å²) in [5, 5.41) is 9.82. The molecule has 1 atom stereocenters. The Hall–Kier alpha value is -2.63. The molecule has 0 aliphatic carbocycles. The van der Waals surface area contributed by atoms with E-state index in [1.807, 2.05) is 6.07 Å². The first-order valence-electron chi connectivity index (χ1n) is 7.50. The number of aliphatic carboxylic acids is 1. The first kappa shape index (κ1) is 15.3. The van der Waals surface area contributed by atoms with Crippen LogP contribution in [0.4, 0.5) is 0 Å². The Balaban J connectivity index is 1.84. The molecule has 0 unspecified atom stereocenters. The van der Waals surface area contributed by atoms with Gasteiger partial charge in [-0.2, -0.15) is 0 Å². The lowest BCUT2D eigenvalue weighted by Crippen LogP contribution is -2.36. The third-order valence-electron chi connectivity index (χ3n) is 4.53. The van der Waals surface area contributed by atoms with E-state index in [0.29, 0.717) is 23.9 Å². The average Bonchev–Trinajstić information content (AvgIpc) is 2.94. The predicted molar refractivity (Wildman–Crippen MR) is 85.1 cm³/mol. The molecule has 23 heavy (non-hydrogen) atoms. The van der Waals surface area contributed by atoms with Crippen LogP contribution in [0.25, 0.3) is 10.9 Å². The van der Waals surface area contributed by atoms with Crippen LogP contribution in [0.2, 0.25) is 0 Å². The number of aromatic nitrogens is 1. The van der Waals surface area contributed by atoms with E-state index in [0.717, 1.165) is 0 Å². The molecule has 1 aliphatic heterocycles. The number of rotatable bonds is 3. The van der Waals surface area contributed by atoms with Crippen LogP contribution in [0, 0.1) is 5.41 Å². The van der Waals surface area contributed by atoms with Gasteiger partial charge in [-0.05, 0) is 25.5 Å². The zero-order chi connectivity index (χ0) is 16.6. The number of carbonyl (C=O) groups excluding carboxylic acids is 1. The molecule has 1 saturated heterocycles. The lowest BCUT2D eigenvalue weighted by Gasteiger charge is -2.21. The van der Waals surface area contributed by atoms with Gasteiger partial charge in [-0.1, -0.05) is 12.1 Å². The molecule has 0 spiro atoms. The fraction of sp³-hybridized carbons (Fsp3) is 0.353. The van der Waals surface area contributed by atoms with E-state index < -0.39 is 11.4 Å². The minimum atomic E-state index is -0.874. The number of benzene rings is 1. The van der Waals surface area contributed by atoms with Crippen molar-refractivity contribution in [1.82, 2.24) is 9.47 Å². The highest BCUT2D eigenvalue weighted by Gasteiger charge is 2.41. The van der Waals surface area contributed by atoms with E-state index in [9.17, 15) is 19.5 Å². The fourth-order valence-electron chi connectivity index (χ4n) is 2.99. The quantitative estimate of drug-likeness (QED) is 0.927. The molecule has 6 nitrogen and oxygen atoms in total. The normalized spacial score (nSPS) is 20.8. The summed E-state index contributed by atoms with van der Waals surface area (Å²) in [7, 11) is 0. The second-order valence-electron chi connectivity index (χ2n) is 6.26. The highest BCUT2D eigenvalue weighted by molar-refractivity contribution is 5.83. The number of nitrogens with zero attached hydrogens (tertiary/aromatic N) is 2. The van der Waals surface area contributed by atoms with E-state index in [2.05, 4.69) is 0 Å². The highest BCUT2D eigenvalue weighted by Crippen LogP contribution is 2.30. The number of fused-ring (bicyclic) bond motifs is 1. The van der Waals surface area contributed by atoms with Crippen LogP contribution in [-0.4, -0.2) is 39.5 Å². The topological polar surface area (TPSA) is 79.6 Å². The number of amides is 1. The Morgan fingerprint density at radius 2 is 2.00 bits per heavy atom. The predicted octanol–water partition coefficient (Wildman–Crippen LogP) is 1.32. The summed E-state index contributed by atoms with van der Waals surface area (Å²) in [4.78, 5) is 37.2. The zero-order valence-corrected chi connectivity index (χ0v) is 12.9. The minimum absolute atomic E-state index is 0.0797. The lowest BCUT2D eigenvalue weighted by atomic mass is 9.90. The van der Waals surface area contributed by atoms with Crippen LogP contribution in [0.3, 0.4) is 0 Å². The Morgan fingerprint density at radius 1 is 1.26 bits per heavy atom. The minimum Gasteiger partial charge on any atom is -0.481 e. The standard InChI is InChI=1S/C17H18N2O4/c1-17(16(22)23)7-9-19(11-17)15(21)10-18-8-6-14(20)12-4-2-3-5-13(12)18/h2-6,8H,7,9-11H2,1H3,(H,22,23)/t17-/m0/s1. The van der Waals surface area contributed by atoms with Crippen LogP contribution >= 0.6 is 0 Å². The van der Waals surface area contributed by atoms with Crippen molar-refractivity contribution in [1.29, 1.82) is 0 Å². The molecule has 1 fully saturated rings. The molecule has 0 radical (unpaired) electrons. The van der Waals surface area contributed by atoms with Crippen molar-refractivity contribution >= 4 is 22.8 Å². The van der Waals surface area contributed by atoms with Crippen molar-refractivity contribution in [3.05, 3.63) is 46.8 Å². The summed E-state index contributed by atoms with van der Waals surface area (Å²) < 4.78 is 1.73. The number of hydrogen-bond acceptors (Lipinski definition) is 3. The summed E-state index contributed by atoms with van der Waals surface area (Å²) in [6.07, 6.45) is 2.06. The number of pyridine rings is 1. The second-order valence-corrected chi connectivity index (χ2v) is 6.26. The maximum Gasteiger partial charge on any atom is 0.311 e. The largest absolute Gasteiger partial charge is 0.481 e. The van der Waals surface area contributed by atoms with Gasteiger partial charge in [0.1, 0.15) is 6.54 Å². The van der Waals surface area contributed by atoms with Crippen molar-refractivity contribution in [2.45, 2.75) is 19.9 Å². The summed E-state index contributed by atoms with van der Waals surface area (Å²) in [6.45, 7) is 2.42.